The molecule has 1 aliphatic carbocycles. The lowest BCUT2D eigenvalue weighted by molar-refractivity contribution is -0.135. The molecule has 2 heterocycles. The van der Waals surface area contributed by atoms with Crippen LogP contribution in [0.4, 0.5) is 0 Å². The predicted octanol–water partition coefficient (Wildman–Crippen LogP) is 3.38. The number of carbonyl (C=O) groups is 1. The Balaban J connectivity index is 1.55. The SMILES string of the molecule is N#Cc1cccc(-c2cccc(C3(C4CC4)NC(=N)N(C4CCOCC4)C3=O)c2)c1. The number of guanidine groups is 1. The summed E-state index contributed by atoms with van der Waals surface area (Å²) >= 11 is 0. The second-order valence-electron chi connectivity index (χ2n) is 8.35. The summed E-state index contributed by atoms with van der Waals surface area (Å²) in [6.45, 7) is 1.26. The highest BCUT2D eigenvalue weighted by molar-refractivity contribution is 6.09. The maximum atomic E-state index is 13.8. The molecule has 2 aromatic carbocycles. The maximum Gasteiger partial charge on any atom is 0.260 e. The van der Waals surface area contributed by atoms with Crippen LogP contribution in [0.2, 0.25) is 0 Å². The molecular weight excluding hydrogens is 376 g/mol. The Morgan fingerprint density at radius 3 is 2.47 bits per heavy atom. The fourth-order valence-electron chi connectivity index (χ4n) is 4.82. The quantitative estimate of drug-likeness (QED) is 0.823. The monoisotopic (exact) mass is 400 g/mol. The predicted molar refractivity (Wildman–Crippen MR) is 113 cm³/mol. The molecule has 3 aliphatic rings. The Labute approximate surface area is 176 Å². The normalized spacial score (nSPS) is 24.6. The molecule has 2 aliphatic heterocycles. The zero-order chi connectivity index (χ0) is 20.7. The third-order valence-corrected chi connectivity index (χ3v) is 6.50. The molecule has 5 rings (SSSR count). The molecule has 2 aromatic rings. The molecule has 2 N–H and O–H groups in total. The van der Waals surface area contributed by atoms with E-state index in [2.05, 4.69) is 11.4 Å². The van der Waals surface area contributed by atoms with Gasteiger partial charge in [0.25, 0.3) is 5.91 Å². The number of carbonyl (C=O) groups excluding carboxylic acids is 1. The highest BCUT2D eigenvalue weighted by Gasteiger charge is 2.60. The molecule has 1 saturated carbocycles. The first kappa shape index (κ1) is 18.8. The second-order valence-corrected chi connectivity index (χ2v) is 8.35. The van der Waals surface area contributed by atoms with E-state index >= 15 is 0 Å². The summed E-state index contributed by atoms with van der Waals surface area (Å²) in [5, 5.41) is 21.1. The Bertz CT molecular complexity index is 1050. The van der Waals surface area contributed by atoms with E-state index in [4.69, 9.17) is 10.1 Å². The Morgan fingerprint density at radius 2 is 1.77 bits per heavy atom. The van der Waals surface area contributed by atoms with Gasteiger partial charge in [0.1, 0.15) is 5.54 Å². The highest BCUT2D eigenvalue weighted by atomic mass is 16.5. The fourth-order valence-corrected chi connectivity index (χ4v) is 4.82. The van der Waals surface area contributed by atoms with Gasteiger partial charge in [-0.3, -0.25) is 15.1 Å². The summed E-state index contributed by atoms with van der Waals surface area (Å²) in [5.74, 6) is 0.386. The smallest absolute Gasteiger partial charge is 0.260 e. The van der Waals surface area contributed by atoms with E-state index in [0.29, 0.717) is 18.8 Å². The van der Waals surface area contributed by atoms with Crippen LogP contribution in [0.3, 0.4) is 0 Å². The molecule has 2 saturated heterocycles. The summed E-state index contributed by atoms with van der Waals surface area (Å²) in [7, 11) is 0. The molecule has 3 fully saturated rings. The summed E-state index contributed by atoms with van der Waals surface area (Å²) in [6.07, 6.45) is 3.47. The van der Waals surface area contributed by atoms with E-state index in [9.17, 15) is 10.1 Å². The lowest BCUT2D eigenvalue weighted by Gasteiger charge is -2.32. The molecule has 6 heteroatoms. The van der Waals surface area contributed by atoms with Crippen LogP contribution in [-0.2, 0) is 15.1 Å². The van der Waals surface area contributed by atoms with Crippen LogP contribution >= 0.6 is 0 Å². The van der Waals surface area contributed by atoms with Crippen molar-refractivity contribution in [3.63, 3.8) is 0 Å². The van der Waals surface area contributed by atoms with Crippen molar-refractivity contribution in [1.82, 2.24) is 10.2 Å². The summed E-state index contributed by atoms with van der Waals surface area (Å²) in [5.41, 5.74) is 2.54. The van der Waals surface area contributed by atoms with Gasteiger partial charge in [-0.1, -0.05) is 30.3 Å². The maximum absolute atomic E-state index is 13.8. The molecule has 6 nitrogen and oxygen atoms in total. The number of ether oxygens (including phenoxy) is 1. The second kappa shape index (κ2) is 7.26. The zero-order valence-electron chi connectivity index (χ0n) is 16.7. The van der Waals surface area contributed by atoms with Crippen LogP contribution in [0.5, 0.6) is 0 Å². The third-order valence-electron chi connectivity index (χ3n) is 6.50. The topological polar surface area (TPSA) is 89.2 Å². The van der Waals surface area contributed by atoms with Gasteiger partial charge in [0.05, 0.1) is 11.6 Å². The minimum Gasteiger partial charge on any atom is -0.381 e. The molecule has 30 heavy (non-hydrogen) atoms. The van der Waals surface area contributed by atoms with Crippen molar-refractivity contribution in [3.05, 3.63) is 59.7 Å². The standard InChI is InChI=1S/C24H24N4O2/c25-15-16-3-1-4-17(13-16)18-5-2-6-20(14-18)24(19-7-8-19)22(29)28(23(26)27-24)21-9-11-30-12-10-21/h1-6,13-14,19,21H,7-12H2,(H2,26,27). The van der Waals surface area contributed by atoms with Crippen molar-refractivity contribution in [3.8, 4) is 17.2 Å². The molecule has 0 bridgehead atoms. The van der Waals surface area contributed by atoms with Gasteiger partial charge in [-0.25, -0.2) is 0 Å². The van der Waals surface area contributed by atoms with E-state index in [1.54, 1.807) is 11.0 Å². The van der Waals surface area contributed by atoms with Crippen LogP contribution in [0, 0.1) is 22.7 Å². The van der Waals surface area contributed by atoms with Gasteiger partial charge in [0.2, 0.25) is 0 Å². The van der Waals surface area contributed by atoms with E-state index in [0.717, 1.165) is 42.4 Å². The Hall–Kier alpha value is -3.17. The number of hydrogen-bond acceptors (Lipinski definition) is 4. The molecule has 152 valence electrons. The lowest BCUT2D eigenvalue weighted by Crippen LogP contribution is -2.48. The first-order valence-corrected chi connectivity index (χ1v) is 10.5. The third kappa shape index (κ3) is 2.98. The van der Waals surface area contributed by atoms with Crippen LogP contribution in [-0.4, -0.2) is 36.0 Å². The number of rotatable bonds is 4. The molecule has 0 aromatic heterocycles. The molecule has 0 spiro atoms. The molecule has 1 amide bonds. The van der Waals surface area contributed by atoms with Crippen LogP contribution in [0.1, 0.15) is 36.8 Å². The van der Waals surface area contributed by atoms with Gasteiger partial charge in [-0.15, -0.1) is 0 Å². The average molecular weight is 400 g/mol. The average Bonchev–Trinajstić information content (AvgIpc) is 3.60. The van der Waals surface area contributed by atoms with E-state index in [-0.39, 0.29) is 23.8 Å². The van der Waals surface area contributed by atoms with Gasteiger partial charge >= 0.3 is 0 Å². The van der Waals surface area contributed by atoms with Crippen LogP contribution < -0.4 is 5.32 Å². The summed E-state index contributed by atoms with van der Waals surface area (Å²) in [6, 6.07) is 17.7. The number of nitrogens with one attached hydrogen (secondary N) is 2. The van der Waals surface area contributed by atoms with Crippen molar-refractivity contribution in [1.29, 1.82) is 10.7 Å². The van der Waals surface area contributed by atoms with Crippen molar-refractivity contribution in [2.75, 3.05) is 13.2 Å². The largest absolute Gasteiger partial charge is 0.381 e. The van der Waals surface area contributed by atoms with E-state index in [1.165, 1.54) is 0 Å². The number of amides is 1. The first-order valence-electron chi connectivity index (χ1n) is 10.5. The molecule has 1 atom stereocenters. The zero-order valence-corrected chi connectivity index (χ0v) is 16.7. The van der Waals surface area contributed by atoms with Gasteiger partial charge in [-0.05, 0) is 66.5 Å². The van der Waals surface area contributed by atoms with E-state index < -0.39 is 5.54 Å². The Morgan fingerprint density at radius 1 is 1.07 bits per heavy atom. The van der Waals surface area contributed by atoms with Crippen molar-refractivity contribution >= 4 is 11.9 Å². The van der Waals surface area contributed by atoms with Crippen LogP contribution in [0.15, 0.2) is 48.5 Å². The van der Waals surface area contributed by atoms with Crippen molar-refractivity contribution < 1.29 is 9.53 Å². The summed E-state index contributed by atoms with van der Waals surface area (Å²) in [4.78, 5) is 15.5. The molecular formula is C24H24N4O2. The summed E-state index contributed by atoms with van der Waals surface area (Å²) < 4.78 is 5.46. The van der Waals surface area contributed by atoms with Crippen molar-refractivity contribution in [2.24, 2.45) is 5.92 Å². The first-order chi connectivity index (χ1) is 14.6. The van der Waals surface area contributed by atoms with Gasteiger partial charge in [0, 0.05) is 19.3 Å². The minimum atomic E-state index is -0.877. The number of benzene rings is 2. The lowest BCUT2D eigenvalue weighted by atomic mass is 9.83. The fraction of sp³-hybridized carbons (Fsp3) is 0.375. The van der Waals surface area contributed by atoms with Gasteiger partial charge in [-0.2, -0.15) is 5.26 Å². The number of hydrogen-bond donors (Lipinski definition) is 2. The highest BCUT2D eigenvalue weighted by Crippen LogP contribution is 2.50. The van der Waals surface area contributed by atoms with Crippen LogP contribution in [0.25, 0.3) is 11.1 Å². The van der Waals surface area contributed by atoms with Gasteiger partial charge in [0.15, 0.2) is 5.96 Å². The molecule has 1 unspecified atom stereocenters. The van der Waals surface area contributed by atoms with E-state index in [1.807, 2.05) is 42.5 Å². The Kier molecular flexibility index (Phi) is 4.56. The molecule has 0 radical (unpaired) electrons. The minimum absolute atomic E-state index is 0.00942. The van der Waals surface area contributed by atoms with Gasteiger partial charge < -0.3 is 10.1 Å². The van der Waals surface area contributed by atoms with Crippen molar-refractivity contribution in [2.45, 2.75) is 37.3 Å². The number of nitriles is 1. The number of nitrogens with zero attached hydrogens (tertiary/aromatic N) is 2.